The van der Waals surface area contributed by atoms with Crippen LogP contribution in [0.25, 0.3) is 0 Å². The molecule has 2 aromatic rings. The molecule has 0 radical (unpaired) electrons. The quantitative estimate of drug-likeness (QED) is 0.407. The van der Waals surface area contributed by atoms with Gasteiger partial charge in [-0.05, 0) is 37.3 Å². The van der Waals surface area contributed by atoms with Crippen LogP contribution in [0.2, 0.25) is 0 Å². The van der Waals surface area contributed by atoms with Crippen molar-refractivity contribution in [2.45, 2.75) is 6.92 Å². The minimum atomic E-state index is -0.761. The normalized spacial score (nSPS) is 13.7. The van der Waals surface area contributed by atoms with E-state index in [1.165, 1.54) is 12.1 Å². The molecule has 158 valence electrons. The Morgan fingerprint density at radius 2 is 1.73 bits per heavy atom. The summed E-state index contributed by atoms with van der Waals surface area (Å²) in [6.45, 7) is 3.54. The Morgan fingerprint density at radius 1 is 1.07 bits per heavy atom. The molecule has 0 spiro atoms. The maximum absolute atomic E-state index is 12.4. The van der Waals surface area contributed by atoms with Crippen molar-refractivity contribution in [3.63, 3.8) is 0 Å². The average molecular weight is 413 g/mol. The number of methoxy groups -OCH3 is 1. The number of nitrogens with zero attached hydrogens (tertiary/aromatic N) is 3. The summed E-state index contributed by atoms with van der Waals surface area (Å²) in [4.78, 5) is 38.8. The maximum atomic E-state index is 12.4. The maximum Gasteiger partial charge on any atom is 0.338 e. The Kier molecular flexibility index (Phi) is 6.51. The second-order valence-corrected chi connectivity index (χ2v) is 6.90. The number of hydrogen-bond donors (Lipinski definition) is 0. The summed E-state index contributed by atoms with van der Waals surface area (Å²) >= 11 is 0. The summed E-state index contributed by atoms with van der Waals surface area (Å²) < 4.78 is 10.2. The van der Waals surface area contributed by atoms with Gasteiger partial charge in [-0.3, -0.25) is 14.9 Å². The topological polar surface area (TPSA) is 102 Å². The second-order valence-electron chi connectivity index (χ2n) is 6.90. The number of nitro benzene ring substituents is 1. The van der Waals surface area contributed by atoms with Gasteiger partial charge in [0.05, 0.1) is 17.6 Å². The lowest BCUT2D eigenvalue weighted by molar-refractivity contribution is -0.385. The van der Waals surface area contributed by atoms with Crippen LogP contribution >= 0.6 is 0 Å². The number of anilines is 1. The Morgan fingerprint density at radius 3 is 2.33 bits per heavy atom. The molecule has 0 N–H and O–H groups in total. The van der Waals surface area contributed by atoms with E-state index in [-0.39, 0.29) is 17.2 Å². The van der Waals surface area contributed by atoms with E-state index in [0.717, 1.165) is 17.5 Å². The van der Waals surface area contributed by atoms with Crippen LogP contribution in [0.3, 0.4) is 0 Å². The molecule has 1 saturated heterocycles. The first-order chi connectivity index (χ1) is 14.4. The van der Waals surface area contributed by atoms with Gasteiger partial charge in [0.1, 0.15) is 5.75 Å². The summed E-state index contributed by atoms with van der Waals surface area (Å²) in [6.07, 6.45) is 0. The number of aryl methyl sites for hydroxylation is 1. The Hall–Kier alpha value is -3.62. The number of benzene rings is 2. The summed E-state index contributed by atoms with van der Waals surface area (Å²) in [5.74, 6) is -0.268. The van der Waals surface area contributed by atoms with E-state index in [2.05, 4.69) is 4.90 Å². The zero-order valence-electron chi connectivity index (χ0n) is 16.9. The first kappa shape index (κ1) is 21.1. The van der Waals surface area contributed by atoms with Crippen molar-refractivity contribution in [3.8, 4) is 5.75 Å². The predicted octanol–water partition coefficient (Wildman–Crippen LogP) is 2.42. The van der Waals surface area contributed by atoms with Crippen LogP contribution in [0.15, 0.2) is 42.5 Å². The Bertz CT molecular complexity index is 936. The molecule has 1 amide bonds. The number of piperazine rings is 1. The standard InChI is InChI=1S/C21H23N3O6/c1-15-3-4-16(13-19(15)24(27)28)21(26)30-14-20(25)23-11-9-22(10-12-23)17-5-7-18(29-2)8-6-17/h3-8,13H,9-12,14H2,1-2H3. The van der Waals surface area contributed by atoms with Crippen LogP contribution in [0.4, 0.5) is 11.4 Å². The molecule has 9 nitrogen and oxygen atoms in total. The van der Waals surface area contributed by atoms with Gasteiger partial charge < -0.3 is 19.3 Å². The van der Waals surface area contributed by atoms with E-state index in [0.29, 0.717) is 31.7 Å². The van der Waals surface area contributed by atoms with Crippen LogP contribution < -0.4 is 9.64 Å². The number of hydrogen-bond acceptors (Lipinski definition) is 7. The number of carbonyl (C=O) groups is 2. The fraction of sp³-hybridized carbons (Fsp3) is 0.333. The van der Waals surface area contributed by atoms with Crippen molar-refractivity contribution >= 4 is 23.3 Å². The number of esters is 1. The van der Waals surface area contributed by atoms with Crippen LogP contribution in [0, 0.1) is 17.0 Å². The molecule has 30 heavy (non-hydrogen) atoms. The van der Waals surface area contributed by atoms with E-state index >= 15 is 0 Å². The van der Waals surface area contributed by atoms with Crippen molar-refractivity contribution in [1.29, 1.82) is 0 Å². The monoisotopic (exact) mass is 413 g/mol. The van der Waals surface area contributed by atoms with Crippen molar-refractivity contribution in [3.05, 3.63) is 63.7 Å². The predicted molar refractivity (Wildman–Crippen MR) is 110 cm³/mol. The van der Waals surface area contributed by atoms with E-state index in [9.17, 15) is 19.7 Å². The van der Waals surface area contributed by atoms with E-state index in [1.807, 2.05) is 24.3 Å². The fourth-order valence-electron chi connectivity index (χ4n) is 3.24. The Labute approximate surface area is 173 Å². The molecular formula is C21H23N3O6. The third kappa shape index (κ3) is 4.86. The molecule has 1 aliphatic heterocycles. The largest absolute Gasteiger partial charge is 0.497 e. The molecule has 0 aliphatic carbocycles. The van der Waals surface area contributed by atoms with Crippen molar-refractivity contribution in [2.24, 2.45) is 0 Å². The molecule has 1 aliphatic rings. The lowest BCUT2D eigenvalue weighted by Gasteiger charge is -2.36. The zero-order valence-corrected chi connectivity index (χ0v) is 16.9. The van der Waals surface area contributed by atoms with Gasteiger partial charge in [-0.25, -0.2) is 4.79 Å². The van der Waals surface area contributed by atoms with Gasteiger partial charge in [0.25, 0.3) is 11.6 Å². The fourth-order valence-corrected chi connectivity index (χ4v) is 3.24. The number of carbonyl (C=O) groups excluding carboxylic acids is 2. The molecule has 0 atom stereocenters. The highest BCUT2D eigenvalue weighted by molar-refractivity contribution is 5.92. The van der Waals surface area contributed by atoms with Crippen LogP contribution in [-0.4, -0.2) is 61.6 Å². The molecule has 1 heterocycles. The van der Waals surface area contributed by atoms with E-state index in [4.69, 9.17) is 9.47 Å². The van der Waals surface area contributed by atoms with Gasteiger partial charge in [-0.2, -0.15) is 0 Å². The highest BCUT2D eigenvalue weighted by atomic mass is 16.6. The van der Waals surface area contributed by atoms with Crippen molar-refractivity contribution in [2.75, 3.05) is 44.8 Å². The van der Waals surface area contributed by atoms with Crippen molar-refractivity contribution < 1.29 is 24.0 Å². The lowest BCUT2D eigenvalue weighted by atomic mass is 10.1. The van der Waals surface area contributed by atoms with Crippen molar-refractivity contribution in [1.82, 2.24) is 4.90 Å². The summed E-state index contributed by atoms with van der Waals surface area (Å²) in [7, 11) is 1.62. The molecule has 0 aromatic heterocycles. The molecule has 0 bridgehead atoms. The second kappa shape index (κ2) is 9.25. The van der Waals surface area contributed by atoms with Gasteiger partial charge in [0.2, 0.25) is 0 Å². The molecule has 1 fully saturated rings. The summed E-state index contributed by atoms with van der Waals surface area (Å²) in [5, 5.41) is 11.0. The Balaban J connectivity index is 1.50. The van der Waals surface area contributed by atoms with E-state index in [1.54, 1.807) is 18.9 Å². The summed E-state index contributed by atoms with van der Waals surface area (Å²) in [5.41, 5.74) is 1.38. The van der Waals surface area contributed by atoms with Gasteiger partial charge in [-0.15, -0.1) is 0 Å². The third-order valence-corrected chi connectivity index (χ3v) is 5.04. The smallest absolute Gasteiger partial charge is 0.338 e. The highest BCUT2D eigenvalue weighted by Crippen LogP contribution is 2.21. The highest BCUT2D eigenvalue weighted by Gasteiger charge is 2.23. The molecule has 9 heteroatoms. The van der Waals surface area contributed by atoms with Crippen LogP contribution in [0.1, 0.15) is 15.9 Å². The third-order valence-electron chi connectivity index (χ3n) is 5.04. The first-order valence-electron chi connectivity index (χ1n) is 9.48. The molecular weight excluding hydrogens is 390 g/mol. The van der Waals surface area contributed by atoms with Crippen LogP contribution in [0.5, 0.6) is 5.75 Å². The SMILES string of the molecule is COc1ccc(N2CCN(C(=O)COC(=O)c3ccc(C)c([N+](=O)[O-])c3)CC2)cc1. The number of rotatable bonds is 6. The minimum Gasteiger partial charge on any atom is -0.497 e. The van der Waals surface area contributed by atoms with Gasteiger partial charge in [-0.1, -0.05) is 6.07 Å². The summed E-state index contributed by atoms with van der Waals surface area (Å²) in [6, 6.07) is 11.8. The average Bonchev–Trinajstić information content (AvgIpc) is 2.77. The molecule has 3 rings (SSSR count). The zero-order chi connectivity index (χ0) is 21.7. The number of nitro groups is 1. The first-order valence-corrected chi connectivity index (χ1v) is 9.48. The van der Waals surface area contributed by atoms with Gasteiger partial charge >= 0.3 is 5.97 Å². The van der Waals surface area contributed by atoms with E-state index < -0.39 is 17.5 Å². The van der Waals surface area contributed by atoms with Gasteiger partial charge in [0, 0.05) is 43.5 Å². The lowest BCUT2D eigenvalue weighted by Crippen LogP contribution is -2.49. The molecule has 0 saturated carbocycles. The van der Waals surface area contributed by atoms with Gasteiger partial charge in [0.15, 0.2) is 6.61 Å². The molecule has 2 aromatic carbocycles. The minimum absolute atomic E-state index is 0.0458. The van der Waals surface area contributed by atoms with Crippen LogP contribution in [-0.2, 0) is 9.53 Å². The number of amides is 1. The number of ether oxygens (including phenoxy) is 2. The molecule has 0 unspecified atom stereocenters.